The molecule has 0 unspecified atom stereocenters. The van der Waals surface area contributed by atoms with Crippen LogP contribution in [0.3, 0.4) is 0 Å². The Morgan fingerprint density at radius 2 is 1.77 bits per heavy atom. The summed E-state index contributed by atoms with van der Waals surface area (Å²) < 4.78 is 12.7. The van der Waals surface area contributed by atoms with Crippen molar-refractivity contribution in [1.82, 2.24) is 4.57 Å². The van der Waals surface area contributed by atoms with Crippen LogP contribution >= 0.6 is 0 Å². The molecule has 1 amide bonds. The second-order valence-corrected chi connectivity index (χ2v) is 7.35. The number of carbonyl (C=O) groups is 2. The molecule has 0 radical (unpaired) electrons. The number of nitrogens with zero attached hydrogens (tertiary/aromatic N) is 2. The number of benzene rings is 2. The van der Waals surface area contributed by atoms with Gasteiger partial charge in [0.1, 0.15) is 0 Å². The standard InChI is InChI=1S/C23H25N3O4/c1-16(30-23(28)20-15-25(2)21-6-4-3-5-19(20)21)22(27)24-17-7-9-18(10-8-17)26-11-13-29-14-12-26/h3-10,15-16H,11-14H2,1-2H3,(H,24,27)/t16-/m0/s1. The van der Waals surface area contributed by atoms with Crippen LogP contribution in [-0.4, -0.2) is 48.9 Å². The molecule has 2 aromatic carbocycles. The van der Waals surface area contributed by atoms with E-state index >= 15 is 0 Å². The monoisotopic (exact) mass is 407 g/mol. The van der Waals surface area contributed by atoms with Gasteiger partial charge in [-0.25, -0.2) is 4.79 Å². The summed E-state index contributed by atoms with van der Waals surface area (Å²) in [5, 5.41) is 3.61. The number of carbonyl (C=O) groups excluding carboxylic acids is 2. The molecule has 1 fully saturated rings. The molecule has 0 spiro atoms. The van der Waals surface area contributed by atoms with E-state index in [4.69, 9.17) is 9.47 Å². The van der Waals surface area contributed by atoms with Crippen molar-refractivity contribution < 1.29 is 19.1 Å². The van der Waals surface area contributed by atoms with Gasteiger partial charge < -0.3 is 24.3 Å². The first-order valence-corrected chi connectivity index (χ1v) is 10.0. The molecule has 1 saturated heterocycles. The first kappa shape index (κ1) is 20.0. The van der Waals surface area contributed by atoms with Crippen molar-refractivity contribution >= 4 is 34.2 Å². The Morgan fingerprint density at radius 1 is 1.07 bits per heavy atom. The van der Waals surface area contributed by atoms with Crippen LogP contribution in [-0.2, 0) is 21.3 Å². The van der Waals surface area contributed by atoms with Crippen molar-refractivity contribution in [2.24, 2.45) is 7.05 Å². The van der Waals surface area contributed by atoms with Gasteiger partial charge in [-0.05, 0) is 37.3 Å². The second kappa shape index (κ2) is 8.59. The summed E-state index contributed by atoms with van der Waals surface area (Å²) in [6.07, 6.45) is 0.803. The van der Waals surface area contributed by atoms with Crippen LogP contribution in [0, 0.1) is 0 Å². The minimum atomic E-state index is -0.921. The number of anilines is 2. The predicted molar refractivity (Wildman–Crippen MR) is 116 cm³/mol. The highest BCUT2D eigenvalue weighted by Crippen LogP contribution is 2.22. The van der Waals surface area contributed by atoms with Crippen LogP contribution in [0.5, 0.6) is 0 Å². The minimum absolute atomic E-state index is 0.372. The van der Waals surface area contributed by atoms with Crippen molar-refractivity contribution in [3.63, 3.8) is 0 Å². The van der Waals surface area contributed by atoms with Gasteiger partial charge in [-0.3, -0.25) is 4.79 Å². The molecule has 0 saturated carbocycles. The highest BCUT2D eigenvalue weighted by Gasteiger charge is 2.22. The number of hydrogen-bond acceptors (Lipinski definition) is 5. The number of aromatic nitrogens is 1. The average molecular weight is 407 g/mol. The van der Waals surface area contributed by atoms with Gasteiger partial charge in [0, 0.05) is 48.6 Å². The van der Waals surface area contributed by atoms with Gasteiger partial charge in [-0.1, -0.05) is 18.2 Å². The Kier molecular flexibility index (Phi) is 5.72. The van der Waals surface area contributed by atoms with Gasteiger partial charge in [-0.15, -0.1) is 0 Å². The molecule has 1 atom stereocenters. The van der Waals surface area contributed by atoms with E-state index in [2.05, 4.69) is 10.2 Å². The molecule has 1 aliphatic heterocycles. The Balaban J connectivity index is 1.38. The summed E-state index contributed by atoms with van der Waals surface area (Å²) in [6.45, 7) is 4.72. The van der Waals surface area contributed by atoms with E-state index in [9.17, 15) is 9.59 Å². The molecule has 4 rings (SSSR count). The third kappa shape index (κ3) is 4.16. The molecule has 3 aromatic rings. The van der Waals surface area contributed by atoms with Crippen molar-refractivity contribution in [2.75, 3.05) is 36.5 Å². The Morgan fingerprint density at radius 3 is 2.50 bits per heavy atom. The number of morpholine rings is 1. The quantitative estimate of drug-likeness (QED) is 0.658. The summed E-state index contributed by atoms with van der Waals surface area (Å²) in [5.41, 5.74) is 3.13. The highest BCUT2D eigenvalue weighted by molar-refractivity contribution is 6.05. The molecule has 7 nitrogen and oxygen atoms in total. The number of nitrogens with one attached hydrogen (secondary N) is 1. The number of ether oxygens (including phenoxy) is 2. The number of aryl methyl sites for hydroxylation is 1. The fourth-order valence-electron chi connectivity index (χ4n) is 3.60. The number of rotatable bonds is 5. The molecule has 1 aromatic heterocycles. The van der Waals surface area contributed by atoms with E-state index in [0.717, 1.165) is 42.9 Å². The van der Waals surface area contributed by atoms with E-state index in [1.54, 1.807) is 13.1 Å². The lowest BCUT2D eigenvalue weighted by Crippen LogP contribution is -2.36. The van der Waals surface area contributed by atoms with E-state index in [0.29, 0.717) is 11.3 Å². The van der Waals surface area contributed by atoms with E-state index < -0.39 is 12.1 Å². The van der Waals surface area contributed by atoms with Gasteiger partial charge in [-0.2, -0.15) is 0 Å². The van der Waals surface area contributed by atoms with Crippen LogP contribution in [0.15, 0.2) is 54.7 Å². The fourth-order valence-corrected chi connectivity index (χ4v) is 3.60. The van der Waals surface area contributed by atoms with E-state index in [1.807, 2.05) is 60.1 Å². The van der Waals surface area contributed by atoms with Crippen molar-refractivity contribution in [2.45, 2.75) is 13.0 Å². The molecular formula is C23H25N3O4. The number of hydrogen-bond donors (Lipinski definition) is 1. The Hall–Kier alpha value is -3.32. The smallest absolute Gasteiger partial charge is 0.341 e. The van der Waals surface area contributed by atoms with Gasteiger partial charge in [0.25, 0.3) is 5.91 Å². The average Bonchev–Trinajstić information content (AvgIpc) is 3.12. The zero-order valence-electron chi connectivity index (χ0n) is 17.1. The molecule has 1 aliphatic rings. The maximum atomic E-state index is 12.6. The van der Waals surface area contributed by atoms with Crippen LogP contribution < -0.4 is 10.2 Å². The summed E-state index contributed by atoms with van der Waals surface area (Å²) in [5.74, 6) is -0.889. The first-order valence-electron chi connectivity index (χ1n) is 10.0. The topological polar surface area (TPSA) is 72.8 Å². The molecular weight excluding hydrogens is 382 g/mol. The number of fused-ring (bicyclic) bond motifs is 1. The predicted octanol–water partition coefficient (Wildman–Crippen LogP) is 3.20. The van der Waals surface area contributed by atoms with E-state index in [-0.39, 0.29) is 5.91 Å². The first-order chi connectivity index (χ1) is 14.5. The third-order valence-electron chi connectivity index (χ3n) is 5.28. The third-order valence-corrected chi connectivity index (χ3v) is 5.28. The Bertz CT molecular complexity index is 1050. The zero-order valence-corrected chi connectivity index (χ0v) is 17.1. The van der Waals surface area contributed by atoms with Gasteiger partial charge in [0.15, 0.2) is 6.10 Å². The number of esters is 1. The molecule has 1 N–H and O–H groups in total. The minimum Gasteiger partial charge on any atom is -0.449 e. The van der Waals surface area contributed by atoms with Crippen molar-refractivity contribution in [3.05, 3.63) is 60.3 Å². The highest BCUT2D eigenvalue weighted by atomic mass is 16.5. The lowest BCUT2D eigenvalue weighted by molar-refractivity contribution is -0.123. The van der Waals surface area contributed by atoms with Crippen molar-refractivity contribution in [1.29, 1.82) is 0 Å². The van der Waals surface area contributed by atoms with Crippen LogP contribution in [0.25, 0.3) is 10.9 Å². The lowest BCUT2D eigenvalue weighted by Gasteiger charge is -2.28. The fraction of sp³-hybridized carbons (Fsp3) is 0.304. The molecule has 2 heterocycles. The maximum absolute atomic E-state index is 12.6. The molecule has 30 heavy (non-hydrogen) atoms. The summed E-state index contributed by atoms with van der Waals surface area (Å²) in [6, 6.07) is 15.2. The molecule has 0 bridgehead atoms. The summed E-state index contributed by atoms with van der Waals surface area (Å²) in [4.78, 5) is 27.4. The normalized spacial score (nSPS) is 15.1. The lowest BCUT2D eigenvalue weighted by atomic mass is 10.2. The molecule has 7 heteroatoms. The maximum Gasteiger partial charge on any atom is 0.341 e. The molecule has 156 valence electrons. The van der Waals surface area contributed by atoms with Crippen molar-refractivity contribution in [3.8, 4) is 0 Å². The SMILES string of the molecule is C[C@H](OC(=O)c1cn(C)c2ccccc12)C(=O)Nc1ccc(N2CCOCC2)cc1. The van der Waals surface area contributed by atoms with Crippen LogP contribution in [0.2, 0.25) is 0 Å². The number of para-hydroxylation sites is 1. The zero-order chi connectivity index (χ0) is 21.1. The number of amides is 1. The second-order valence-electron chi connectivity index (χ2n) is 7.35. The van der Waals surface area contributed by atoms with E-state index in [1.165, 1.54) is 0 Å². The molecule has 0 aliphatic carbocycles. The van der Waals surface area contributed by atoms with Gasteiger partial charge >= 0.3 is 5.97 Å². The van der Waals surface area contributed by atoms with Crippen LogP contribution in [0.1, 0.15) is 17.3 Å². The van der Waals surface area contributed by atoms with Crippen LogP contribution in [0.4, 0.5) is 11.4 Å². The van der Waals surface area contributed by atoms with Gasteiger partial charge in [0.2, 0.25) is 0 Å². The van der Waals surface area contributed by atoms with Gasteiger partial charge in [0.05, 0.1) is 18.8 Å². The summed E-state index contributed by atoms with van der Waals surface area (Å²) in [7, 11) is 1.87. The largest absolute Gasteiger partial charge is 0.449 e. The Labute approximate surface area is 175 Å². The summed E-state index contributed by atoms with van der Waals surface area (Å²) >= 11 is 0.